The van der Waals surface area contributed by atoms with Crippen LogP contribution in [0.3, 0.4) is 0 Å². The molecule has 2 N–H and O–H groups in total. The number of aliphatic hydroxyl groups is 1. The highest BCUT2D eigenvalue weighted by atomic mass is 31.2. The van der Waals surface area contributed by atoms with Crippen LogP contribution in [0.4, 0.5) is 0 Å². The zero-order chi connectivity index (χ0) is 53.5. The van der Waals surface area contributed by atoms with E-state index in [0.29, 0.717) is 17.4 Å². The van der Waals surface area contributed by atoms with Crippen molar-refractivity contribution in [3.63, 3.8) is 0 Å². The molecule has 0 aromatic heterocycles. The Labute approximate surface area is 453 Å². The van der Waals surface area contributed by atoms with Crippen LogP contribution in [0.5, 0.6) is 0 Å². The summed E-state index contributed by atoms with van der Waals surface area (Å²) in [7, 11) is 1.24. The smallest absolute Gasteiger partial charge is 0.268 e. The fourth-order valence-electron chi connectivity index (χ4n) is 9.04. The molecular formula is C64H121N2O6P. The number of carbonyl (C=O) groups is 1. The lowest BCUT2D eigenvalue weighted by atomic mass is 10.0. The Morgan fingerprint density at radius 2 is 0.808 bits per heavy atom. The van der Waals surface area contributed by atoms with Crippen molar-refractivity contribution in [2.45, 2.75) is 302 Å². The number of phosphoric ester groups is 1. The van der Waals surface area contributed by atoms with Crippen LogP contribution in [0.15, 0.2) is 60.8 Å². The summed E-state index contributed by atoms with van der Waals surface area (Å²) in [4.78, 5) is 25.5. The van der Waals surface area contributed by atoms with E-state index in [1.165, 1.54) is 218 Å². The van der Waals surface area contributed by atoms with Gasteiger partial charge in [0.15, 0.2) is 0 Å². The van der Waals surface area contributed by atoms with Crippen molar-refractivity contribution in [2.24, 2.45) is 0 Å². The Morgan fingerprint density at radius 1 is 0.479 bits per heavy atom. The third kappa shape index (κ3) is 57.7. The Morgan fingerprint density at radius 3 is 1.19 bits per heavy atom. The second-order valence-electron chi connectivity index (χ2n) is 22.4. The highest BCUT2D eigenvalue weighted by molar-refractivity contribution is 7.45. The van der Waals surface area contributed by atoms with Crippen molar-refractivity contribution < 1.29 is 32.9 Å². The van der Waals surface area contributed by atoms with Crippen LogP contribution >= 0.6 is 7.82 Å². The standard InChI is InChI=1S/C64H121N2O6P/c1-6-8-10-12-14-16-18-20-22-24-26-28-30-32-33-34-36-38-40-42-44-46-48-50-52-54-56-58-64(68)65-62(61-72-73(69,70)71-60-59-66(3,4)5)63(67)57-55-53-51-49-47-45-43-41-39-37-35-31-29-27-25-23-21-19-17-15-13-11-9-7-2/h18,20,24,26,39,41,47,49,55,57,62-63,67H,6-17,19,21-23,25,27-38,40,42-46,48,50-54,56,58-61H2,1-5H3,(H-,65,68,69,70)/b20-18-,26-24-,41-39+,49-47+,57-55+. The van der Waals surface area contributed by atoms with Gasteiger partial charge in [0.1, 0.15) is 13.2 Å². The van der Waals surface area contributed by atoms with Gasteiger partial charge in [0, 0.05) is 6.42 Å². The molecule has 9 heteroatoms. The van der Waals surface area contributed by atoms with Crippen LogP contribution in [0.25, 0.3) is 0 Å². The molecule has 0 bridgehead atoms. The van der Waals surface area contributed by atoms with E-state index in [-0.39, 0.29) is 12.5 Å². The number of allylic oxidation sites excluding steroid dienone is 9. The molecule has 0 aliphatic heterocycles. The van der Waals surface area contributed by atoms with Gasteiger partial charge < -0.3 is 28.8 Å². The Bertz CT molecular complexity index is 1370. The van der Waals surface area contributed by atoms with Crippen molar-refractivity contribution in [3.8, 4) is 0 Å². The van der Waals surface area contributed by atoms with E-state index in [0.717, 1.165) is 51.4 Å². The van der Waals surface area contributed by atoms with Crippen molar-refractivity contribution in [3.05, 3.63) is 60.8 Å². The highest BCUT2D eigenvalue weighted by Gasteiger charge is 2.23. The first-order valence-electron chi connectivity index (χ1n) is 31.2. The predicted octanol–water partition coefficient (Wildman–Crippen LogP) is 18.6. The zero-order valence-electron chi connectivity index (χ0n) is 48.8. The van der Waals surface area contributed by atoms with E-state index in [1.54, 1.807) is 6.08 Å². The van der Waals surface area contributed by atoms with Crippen LogP contribution in [-0.2, 0) is 18.4 Å². The summed E-state index contributed by atoms with van der Waals surface area (Å²) in [5.41, 5.74) is 0. The van der Waals surface area contributed by atoms with E-state index >= 15 is 0 Å². The van der Waals surface area contributed by atoms with Crippen LogP contribution in [-0.4, -0.2) is 68.5 Å². The van der Waals surface area contributed by atoms with Gasteiger partial charge in [-0.05, 0) is 77.0 Å². The van der Waals surface area contributed by atoms with Gasteiger partial charge >= 0.3 is 0 Å². The molecule has 3 atom stereocenters. The predicted molar refractivity (Wildman–Crippen MR) is 316 cm³/mol. The molecule has 0 aromatic rings. The first-order chi connectivity index (χ1) is 35.5. The molecule has 0 aliphatic rings. The third-order valence-corrected chi connectivity index (χ3v) is 14.9. The molecule has 0 rings (SSSR count). The average molecular weight is 1050 g/mol. The lowest BCUT2D eigenvalue weighted by Gasteiger charge is -2.29. The van der Waals surface area contributed by atoms with E-state index in [4.69, 9.17) is 9.05 Å². The van der Waals surface area contributed by atoms with E-state index in [2.05, 4.69) is 67.8 Å². The van der Waals surface area contributed by atoms with Gasteiger partial charge in [-0.1, -0.05) is 267 Å². The molecule has 0 heterocycles. The number of hydrogen-bond acceptors (Lipinski definition) is 6. The largest absolute Gasteiger partial charge is 0.756 e. The maximum atomic E-state index is 13.0. The SMILES string of the molecule is CCCCCCC/C=C\C/C=C\CCCCCCCCCCCCCCCCCC(=O)NC(COP(=O)([O-])OCC[N+](C)(C)C)C(O)/C=C/CC/C=C/CC/C=C/CCCCCCCCCCCCCCCC. The second-order valence-corrected chi connectivity index (χ2v) is 23.8. The number of rotatable bonds is 57. The normalized spacial score (nSPS) is 14.2. The molecule has 3 unspecified atom stereocenters. The molecule has 0 spiro atoms. The third-order valence-electron chi connectivity index (χ3n) is 13.9. The van der Waals surface area contributed by atoms with Crippen molar-refractivity contribution in [1.29, 1.82) is 0 Å². The fraction of sp³-hybridized carbons (Fsp3) is 0.828. The molecule has 0 saturated heterocycles. The van der Waals surface area contributed by atoms with Gasteiger partial charge in [0.2, 0.25) is 5.91 Å². The molecule has 1 amide bonds. The summed E-state index contributed by atoms with van der Waals surface area (Å²) < 4.78 is 23.4. The van der Waals surface area contributed by atoms with Crippen molar-refractivity contribution >= 4 is 13.7 Å². The minimum atomic E-state index is -4.61. The number of hydrogen-bond donors (Lipinski definition) is 2. The number of phosphoric acid groups is 1. The highest BCUT2D eigenvalue weighted by Crippen LogP contribution is 2.38. The van der Waals surface area contributed by atoms with Gasteiger partial charge in [-0.2, -0.15) is 0 Å². The number of likely N-dealkylation sites (N-methyl/N-ethyl adjacent to an activating group) is 1. The van der Waals surface area contributed by atoms with E-state index in [9.17, 15) is 19.4 Å². The van der Waals surface area contributed by atoms with Crippen LogP contribution in [0.2, 0.25) is 0 Å². The molecule has 0 saturated carbocycles. The van der Waals surface area contributed by atoms with Crippen LogP contribution in [0, 0.1) is 0 Å². The maximum absolute atomic E-state index is 13.0. The number of nitrogens with zero attached hydrogens (tertiary/aromatic N) is 1. The van der Waals surface area contributed by atoms with Gasteiger partial charge in [0.05, 0.1) is 39.9 Å². The monoisotopic (exact) mass is 1040 g/mol. The summed E-state index contributed by atoms with van der Waals surface area (Å²) in [6.07, 6.45) is 74.6. The fourth-order valence-corrected chi connectivity index (χ4v) is 9.76. The molecular weight excluding hydrogens is 924 g/mol. The molecule has 8 nitrogen and oxygen atoms in total. The number of aliphatic hydroxyl groups excluding tert-OH is 1. The van der Waals surface area contributed by atoms with Crippen molar-refractivity contribution in [1.82, 2.24) is 5.32 Å². The first kappa shape index (κ1) is 71.2. The van der Waals surface area contributed by atoms with Gasteiger partial charge in [-0.25, -0.2) is 0 Å². The molecule has 73 heavy (non-hydrogen) atoms. The second kappa shape index (κ2) is 55.0. The molecule has 0 aromatic carbocycles. The molecule has 0 aliphatic carbocycles. The average Bonchev–Trinajstić information content (AvgIpc) is 3.35. The minimum Gasteiger partial charge on any atom is -0.756 e. The summed E-state index contributed by atoms with van der Waals surface area (Å²) in [5, 5.41) is 13.9. The van der Waals surface area contributed by atoms with Crippen LogP contribution in [0.1, 0.15) is 290 Å². The number of unbranched alkanes of at least 4 members (excludes halogenated alkanes) is 36. The lowest BCUT2D eigenvalue weighted by Crippen LogP contribution is -2.45. The van der Waals surface area contributed by atoms with E-state index < -0.39 is 26.6 Å². The quantitative estimate of drug-likeness (QED) is 0.0272. The topological polar surface area (TPSA) is 108 Å². The van der Waals surface area contributed by atoms with Gasteiger partial charge in [-0.15, -0.1) is 0 Å². The maximum Gasteiger partial charge on any atom is 0.268 e. The number of amides is 1. The molecule has 0 radical (unpaired) electrons. The van der Waals surface area contributed by atoms with Crippen LogP contribution < -0.4 is 10.2 Å². The Balaban J connectivity index is 4.22. The van der Waals surface area contributed by atoms with Gasteiger partial charge in [0.25, 0.3) is 7.82 Å². The Kier molecular flexibility index (Phi) is 53.6. The Hall–Kier alpha value is -1.80. The first-order valence-corrected chi connectivity index (χ1v) is 32.6. The number of carbonyl (C=O) groups excluding carboxylic acids is 1. The molecule has 428 valence electrons. The number of nitrogens with one attached hydrogen (secondary N) is 1. The summed E-state index contributed by atoms with van der Waals surface area (Å²) >= 11 is 0. The summed E-state index contributed by atoms with van der Waals surface area (Å²) in [6, 6.07) is -0.912. The van der Waals surface area contributed by atoms with E-state index in [1.807, 2.05) is 27.2 Å². The molecule has 0 fully saturated rings. The number of quaternary nitrogens is 1. The summed E-state index contributed by atoms with van der Waals surface area (Å²) in [6.45, 7) is 4.64. The zero-order valence-corrected chi connectivity index (χ0v) is 49.7. The summed E-state index contributed by atoms with van der Waals surface area (Å²) in [5.74, 6) is -0.209. The van der Waals surface area contributed by atoms with Crippen molar-refractivity contribution in [2.75, 3.05) is 40.9 Å². The minimum absolute atomic E-state index is 0.00978. The lowest BCUT2D eigenvalue weighted by molar-refractivity contribution is -0.870. The van der Waals surface area contributed by atoms with Gasteiger partial charge in [-0.3, -0.25) is 9.36 Å².